The zero-order valence-corrected chi connectivity index (χ0v) is 13.4. The van der Waals surface area contributed by atoms with Gasteiger partial charge < -0.3 is 14.7 Å². The van der Waals surface area contributed by atoms with E-state index in [0.29, 0.717) is 17.2 Å². The molecule has 3 rings (SSSR count). The van der Waals surface area contributed by atoms with Crippen molar-refractivity contribution in [3.05, 3.63) is 58.6 Å². The highest BCUT2D eigenvalue weighted by Gasteiger charge is 2.20. The summed E-state index contributed by atoms with van der Waals surface area (Å²) in [6.07, 6.45) is 1.14. The lowest BCUT2D eigenvalue weighted by molar-refractivity contribution is 0.165. The van der Waals surface area contributed by atoms with Crippen LogP contribution in [0, 0.1) is 0 Å². The maximum atomic E-state index is 10.5. The van der Waals surface area contributed by atoms with E-state index < -0.39 is 6.10 Å². The summed E-state index contributed by atoms with van der Waals surface area (Å²) in [6.45, 7) is 1.83. The van der Waals surface area contributed by atoms with E-state index in [0.717, 1.165) is 25.1 Å². The fourth-order valence-electron chi connectivity index (χ4n) is 3.04. The van der Waals surface area contributed by atoms with Crippen molar-refractivity contribution in [2.45, 2.75) is 18.9 Å². The second kappa shape index (κ2) is 6.59. The number of ether oxygens (including phenoxy) is 1. The van der Waals surface area contributed by atoms with Gasteiger partial charge in [-0.15, -0.1) is 0 Å². The van der Waals surface area contributed by atoms with Gasteiger partial charge in [0.05, 0.1) is 13.2 Å². The van der Waals surface area contributed by atoms with Crippen molar-refractivity contribution >= 4 is 17.3 Å². The minimum absolute atomic E-state index is 0.582. The molecule has 0 radical (unpaired) electrons. The molecule has 0 bridgehead atoms. The summed E-state index contributed by atoms with van der Waals surface area (Å²) in [5.41, 5.74) is 3.42. The van der Waals surface area contributed by atoms with Crippen molar-refractivity contribution in [3.63, 3.8) is 0 Å². The molecule has 1 aliphatic rings. The lowest BCUT2D eigenvalue weighted by Gasteiger charge is -2.22. The molecule has 2 aromatic carbocycles. The Morgan fingerprint density at radius 2 is 2.09 bits per heavy atom. The predicted molar refractivity (Wildman–Crippen MR) is 89.9 cm³/mol. The largest absolute Gasteiger partial charge is 0.496 e. The van der Waals surface area contributed by atoms with Gasteiger partial charge in [0.25, 0.3) is 0 Å². The Morgan fingerprint density at radius 3 is 2.91 bits per heavy atom. The van der Waals surface area contributed by atoms with Crippen LogP contribution < -0.4 is 9.64 Å². The van der Waals surface area contributed by atoms with Crippen molar-refractivity contribution in [2.24, 2.45) is 0 Å². The van der Waals surface area contributed by atoms with Crippen LogP contribution in [0.1, 0.15) is 23.7 Å². The number of anilines is 1. The summed E-state index contributed by atoms with van der Waals surface area (Å²) in [5, 5.41) is 11.1. The highest BCUT2D eigenvalue weighted by molar-refractivity contribution is 6.30. The lowest BCUT2D eigenvalue weighted by atomic mass is 10.1. The first-order valence-electron chi connectivity index (χ1n) is 7.53. The van der Waals surface area contributed by atoms with Gasteiger partial charge >= 0.3 is 0 Å². The SMILES string of the molecule is COc1ccc(Cl)cc1C(O)CCN1CCc2ccccc21. The van der Waals surface area contributed by atoms with Gasteiger partial charge in [-0.3, -0.25) is 0 Å². The monoisotopic (exact) mass is 317 g/mol. The Morgan fingerprint density at radius 1 is 1.27 bits per heavy atom. The van der Waals surface area contributed by atoms with Crippen LogP contribution in [0.15, 0.2) is 42.5 Å². The maximum Gasteiger partial charge on any atom is 0.124 e. The van der Waals surface area contributed by atoms with Crippen LogP contribution >= 0.6 is 11.6 Å². The third-order valence-corrected chi connectivity index (χ3v) is 4.44. The van der Waals surface area contributed by atoms with E-state index in [2.05, 4.69) is 29.2 Å². The molecule has 116 valence electrons. The molecule has 1 atom stereocenters. The molecule has 22 heavy (non-hydrogen) atoms. The Kier molecular flexibility index (Phi) is 4.55. The fraction of sp³-hybridized carbons (Fsp3) is 0.333. The topological polar surface area (TPSA) is 32.7 Å². The van der Waals surface area contributed by atoms with Gasteiger partial charge in [-0.1, -0.05) is 29.8 Å². The summed E-state index contributed by atoms with van der Waals surface area (Å²) in [5.74, 6) is 0.679. The van der Waals surface area contributed by atoms with Gasteiger partial charge in [0, 0.05) is 29.4 Å². The summed E-state index contributed by atoms with van der Waals surface area (Å²) in [4.78, 5) is 2.33. The van der Waals surface area contributed by atoms with Gasteiger partial charge in [-0.25, -0.2) is 0 Å². The fourth-order valence-corrected chi connectivity index (χ4v) is 3.22. The first-order chi connectivity index (χ1) is 10.7. The van der Waals surface area contributed by atoms with Gasteiger partial charge in [0.2, 0.25) is 0 Å². The number of rotatable bonds is 5. The first-order valence-corrected chi connectivity index (χ1v) is 7.91. The molecule has 1 heterocycles. The molecule has 0 aliphatic carbocycles. The number of aliphatic hydroxyl groups is 1. The van der Waals surface area contributed by atoms with E-state index in [9.17, 15) is 5.11 Å². The minimum Gasteiger partial charge on any atom is -0.496 e. The third kappa shape index (κ3) is 3.06. The molecular formula is C18H20ClNO2. The zero-order valence-electron chi connectivity index (χ0n) is 12.6. The summed E-state index contributed by atoms with van der Waals surface area (Å²) in [7, 11) is 1.61. The predicted octanol–water partition coefficient (Wildman–Crippen LogP) is 3.83. The number of halogens is 1. The van der Waals surface area contributed by atoms with Crippen LogP contribution in [0.2, 0.25) is 5.02 Å². The summed E-state index contributed by atoms with van der Waals surface area (Å²) < 4.78 is 5.32. The zero-order chi connectivity index (χ0) is 15.5. The third-order valence-electron chi connectivity index (χ3n) is 4.21. The molecule has 1 unspecified atom stereocenters. The molecule has 4 heteroatoms. The normalized spacial score (nSPS) is 14.8. The van der Waals surface area contributed by atoms with E-state index >= 15 is 0 Å². The van der Waals surface area contributed by atoms with Crippen LogP contribution in [-0.2, 0) is 6.42 Å². The van der Waals surface area contributed by atoms with E-state index in [1.165, 1.54) is 11.3 Å². The smallest absolute Gasteiger partial charge is 0.124 e. The highest BCUT2D eigenvalue weighted by atomic mass is 35.5. The number of hydrogen-bond acceptors (Lipinski definition) is 3. The van der Waals surface area contributed by atoms with Crippen molar-refractivity contribution in [1.82, 2.24) is 0 Å². The van der Waals surface area contributed by atoms with E-state index in [1.54, 1.807) is 25.3 Å². The van der Waals surface area contributed by atoms with Crippen molar-refractivity contribution in [1.29, 1.82) is 0 Å². The lowest BCUT2D eigenvalue weighted by Crippen LogP contribution is -2.23. The number of benzene rings is 2. The Hall–Kier alpha value is -1.71. The van der Waals surface area contributed by atoms with E-state index in [1.807, 2.05) is 0 Å². The number of aliphatic hydroxyl groups excluding tert-OH is 1. The second-order valence-corrected chi connectivity index (χ2v) is 5.99. The molecule has 0 amide bonds. The number of hydrogen-bond donors (Lipinski definition) is 1. The molecule has 2 aromatic rings. The first kappa shape index (κ1) is 15.2. The number of methoxy groups -OCH3 is 1. The molecular weight excluding hydrogens is 298 g/mol. The van der Waals surface area contributed by atoms with Crippen molar-refractivity contribution in [3.8, 4) is 5.75 Å². The molecule has 0 aromatic heterocycles. The molecule has 0 fully saturated rings. The second-order valence-electron chi connectivity index (χ2n) is 5.56. The Bertz CT molecular complexity index is 659. The number of nitrogens with zero attached hydrogens (tertiary/aromatic N) is 1. The average Bonchev–Trinajstić information content (AvgIpc) is 2.96. The quantitative estimate of drug-likeness (QED) is 0.909. The number of para-hydroxylation sites is 1. The molecule has 1 aliphatic heterocycles. The van der Waals surface area contributed by atoms with Gasteiger partial charge in [-0.2, -0.15) is 0 Å². The van der Waals surface area contributed by atoms with Crippen LogP contribution in [0.4, 0.5) is 5.69 Å². The molecule has 0 saturated heterocycles. The minimum atomic E-state index is -0.582. The molecule has 1 N–H and O–H groups in total. The standard InChI is InChI=1S/C18H20ClNO2/c1-22-18-7-6-14(19)12-15(18)17(21)9-11-20-10-8-13-4-2-3-5-16(13)20/h2-7,12,17,21H,8-11H2,1H3. The van der Waals surface area contributed by atoms with Gasteiger partial charge in [0.15, 0.2) is 0 Å². The van der Waals surface area contributed by atoms with Crippen molar-refractivity contribution in [2.75, 3.05) is 25.1 Å². The Labute approximate surface area is 136 Å². The molecule has 0 spiro atoms. The van der Waals surface area contributed by atoms with Crippen LogP contribution in [0.3, 0.4) is 0 Å². The van der Waals surface area contributed by atoms with Crippen LogP contribution in [-0.4, -0.2) is 25.3 Å². The van der Waals surface area contributed by atoms with Gasteiger partial charge in [0.1, 0.15) is 5.75 Å². The Balaban J connectivity index is 1.69. The van der Waals surface area contributed by atoms with Crippen LogP contribution in [0.5, 0.6) is 5.75 Å². The summed E-state index contributed by atoms with van der Waals surface area (Å²) in [6, 6.07) is 13.8. The van der Waals surface area contributed by atoms with Gasteiger partial charge in [-0.05, 0) is 42.7 Å². The highest BCUT2D eigenvalue weighted by Crippen LogP contribution is 2.32. The molecule has 0 saturated carbocycles. The van der Waals surface area contributed by atoms with E-state index in [-0.39, 0.29) is 0 Å². The average molecular weight is 318 g/mol. The maximum absolute atomic E-state index is 10.5. The van der Waals surface area contributed by atoms with E-state index in [4.69, 9.17) is 16.3 Å². The summed E-state index contributed by atoms with van der Waals surface area (Å²) >= 11 is 6.03. The van der Waals surface area contributed by atoms with Crippen LogP contribution in [0.25, 0.3) is 0 Å². The molecule has 3 nitrogen and oxygen atoms in total. The number of fused-ring (bicyclic) bond motifs is 1. The van der Waals surface area contributed by atoms with Crippen molar-refractivity contribution < 1.29 is 9.84 Å².